The maximum absolute atomic E-state index is 11.4. The maximum Gasteiger partial charge on any atom is 0.217 e. The topological polar surface area (TPSA) is 116 Å². The van der Waals surface area contributed by atoms with Crippen LogP contribution in [0.4, 0.5) is 0 Å². The van der Waals surface area contributed by atoms with E-state index in [0.717, 1.165) is 24.2 Å². The van der Waals surface area contributed by atoms with Crippen molar-refractivity contribution in [2.75, 3.05) is 0 Å². The van der Waals surface area contributed by atoms with Gasteiger partial charge < -0.3 is 20.6 Å². The lowest BCUT2D eigenvalue weighted by Gasteiger charge is -2.26. The number of hydrogen-bond acceptors (Lipinski definition) is 5. The third-order valence-corrected chi connectivity index (χ3v) is 5.65. The highest BCUT2D eigenvalue weighted by Gasteiger charge is 2.26. The Morgan fingerprint density at radius 2 is 1.33 bits per heavy atom. The molecule has 0 saturated heterocycles. The Bertz CT molecular complexity index is 643. The number of H-pyrrole nitrogens is 2. The van der Waals surface area contributed by atoms with Crippen LogP contribution in [-0.4, -0.2) is 43.8 Å². The lowest BCUT2D eigenvalue weighted by molar-refractivity contribution is -0.120. The summed E-state index contributed by atoms with van der Waals surface area (Å²) in [4.78, 5) is 37.5. The van der Waals surface area contributed by atoms with Crippen molar-refractivity contribution in [1.29, 1.82) is 0 Å². The van der Waals surface area contributed by atoms with Crippen LogP contribution in [0.15, 0.2) is 25.0 Å². The molecular weight excluding hydrogens is 364 g/mol. The number of nitrogens with zero attached hydrogens (tertiary/aromatic N) is 2. The fraction of sp³-hybridized carbons (Fsp3) is 0.556. The summed E-state index contributed by atoms with van der Waals surface area (Å²) in [6, 6.07) is 0.0527. The van der Waals surface area contributed by atoms with Crippen LogP contribution in [0.2, 0.25) is 0 Å². The predicted molar refractivity (Wildman–Crippen MR) is 106 cm³/mol. The first kappa shape index (κ1) is 21.0. The van der Waals surface area contributed by atoms with E-state index >= 15 is 0 Å². The second-order valence-electron chi connectivity index (χ2n) is 6.80. The molecule has 2 aromatic heterocycles. The van der Waals surface area contributed by atoms with E-state index < -0.39 is 0 Å². The summed E-state index contributed by atoms with van der Waals surface area (Å²) in [6.45, 7) is 7.04. The minimum Gasteiger partial charge on any atom is -0.354 e. The molecule has 0 aliphatic heterocycles. The third kappa shape index (κ3) is 7.09. The number of aromatic nitrogens is 4. The first-order chi connectivity index (χ1) is 12.8. The molecule has 2 amide bonds. The highest BCUT2D eigenvalue weighted by Crippen LogP contribution is 2.44. The molecule has 4 N–H and O–H groups in total. The standard InChI is InChI=1S/C18H28N6O2S/c1-11(23-13(3)25)5-17(15-7-19-9-21-15)27-18(16-8-20-10-22-16)6-12(2)24-14(4)26/h7-12,17-18H,5-6H2,1-4H3,(H,19,21)(H,20,22)(H,23,25)(H,24,26). The summed E-state index contributed by atoms with van der Waals surface area (Å²) >= 11 is 1.77. The molecule has 2 heterocycles. The van der Waals surface area contributed by atoms with Gasteiger partial charge in [-0.3, -0.25) is 9.59 Å². The van der Waals surface area contributed by atoms with Crippen LogP contribution in [0, 0.1) is 0 Å². The molecule has 0 spiro atoms. The SMILES string of the molecule is CC(=O)NC(C)CC(SC(CC(C)NC(C)=O)c1cnc[nH]1)c1cnc[nH]1. The van der Waals surface area contributed by atoms with Crippen molar-refractivity contribution in [3.05, 3.63) is 36.4 Å². The van der Waals surface area contributed by atoms with Crippen LogP contribution in [0.3, 0.4) is 0 Å². The predicted octanol–water partition coefficient (Wildman–Crippen LogP) is 2.48. The molecule has 0 radical (unpaired) electrons. The van der Waals surface area contributed by atoms with Crippen LogP contribution in [-0.2, 0) is 9.59 Å². The average molecular weight is 393 g/mol. The quantitative estimate of drug-likeness (QED) is 0.496. The lowest BCUT2D eigenvalue weighted by Crippen LogP contribution is -2.32. The van der Waals surface area contributed by atoms with Gasteiger partial charge in [0.1, 0.15) is 0 Å². The summed E-state index contributed by atoms with van der Waals surface area (Å²) in [5, 5.41) is 6.10. The fourth-order valence-electron chi connectivity index (χ4n) is 3.05. The molecule has 8 nitrogen and oxygen atoms in total. The summed E-state index contributed by atoms with van der Waals surface area (Å²) < 4.78 is 0. The summed E-state index contributed by atoms with van der Waals surface area (Å²) in [5.41, 5.74) is 2.02. The van der Waals surface area contributed by atoms with Crippen LogP contribution in [0.5, 0.6) is 0 Å². The number of amides is 2. The highest BCUT2D eigenvalue weighted by atomic mass is 32.2. The minimum atomic E-state index is -0.0414. The van der Waals surface area contributed by atoms with Crippen LogP contribution >= 0.6 is 11.8 Å². The van der Waals surface area contributed by atoms with Gasteiger partial charge >= 0.3 is 0 Å². The van der Waals surface area contributed by atoms with Gasteiger partial charge in [-0.2, -0.15) is 0 Å². The zero-order chi connectivity index (χ0) is 19.8. The van der Waals surface area contributed by atoms with Crippen molar-refractivity contribution in [1.82, 2.24) is 30.6 Å². The molecule has 0 saturated carbocycles. The van der Waals surface area contributed by atoms with Gasteiger partial charge in [0.2, 0.25) is 11.8 Å². The molecule has 0 bridgehead atoms. The number of carbonyl (C=O) groups excluding carboxylic acids is 2. The zero-order valence-corrected chi connectivity index (χ0v) is 17.0. The van der Waals surface area contributed by atoms with Gasteiger partial charge in [-0.1, -0.05) is 0 Å². The lowest BCUT2D eigenvalue weighted by atomic mass is 10.1. The van der Waals surface area contributed by atoms with E-state index in [1.54, 1.807) is 24.4 Å². The normalized spacial score (nSPS) is 15.6. The van der Waals surface area contributed by atoms with Gasteiger partial charge in [0, 0.05) is 60.2 Å². The van der Waals surface area contributed by atoms with Gasteiger partial charge in [-0.05, 0) is 26.7 Å². The van der Waals surface area contributed by atoms with Gasteiger partial charge in [0.15, 0.2) is 0 Å². The monoisotopic (exact) mass is 392 g/mol. The average Bonchev–Trinajstić information content (AvgIpc) is 3.25. The number of aromatic amines is 2. The van der Waals surface area contributed by atoms with Crippen molar-refractivity contribution in [2.45, 2.75) is 63.1 Å². The number of imidazole rings is 2. The van der Waals surface area contributed by atoms with Crippen molar-refractivity contribution in [3.8, 4) is 0 Å². The Labute approximate surface area is 163 Å². The minimum absolute atomic E-state index is 0.0264. The third-order valence-electron chi connectivity index (χ3n) is 4.10. The Kier molecular flexibility index (Phi) is 7.90. The second kappa shape index (κ2) is 10.1. The van der Waals surface area contributed by atoms with E-state index in [-0.39, 0.29) is 34.4 Å². The van der Waals surface area contributed by atoms with Gasteiger partial charge in [0.05, 0.1) is 12.7 Å². The van der Waals surface area contributed by atoms with Gasteiger partial charge in [-0.15, -0.1) is 11.8 Å². The van der Waals surface area contributed by atoms with Crippen LogP contribution in [0.1, 0.15) is 62.4 Å². The molecule has 4 atom stereocenters. The Morgan fingerprint density at radius 3 is 1.63 bits per heavy atom. The first-order valence-corrected chi connectivity index (χ1v) is 9.95. The summed E-state index contributed by atoms with van der Waals surface area (Å²) in [5.74, 6) is -0.0829. The first-order valence-electron chi connectivity index (χ1n) is 9.01. The Morgan fingerprint density at radius 1 is 0.926 bits per heavy atom. The van der Waals surface area contributed by atoms with E-state index in [9.17, 15) is 9.59 Å². The van der Waals surface area contributed by atoms with Gasteiger partial charge in [-0.25, -0.2) is 9.97 Å². The van der Waals surface area contributed by atoms with E-state index in [2.05, 4.69) is 30.6 Å². The van der Waals surface area contributed by atoms with E-state index in [1.165, 1.54) is 13.8 Å². The molecule has 148 valence electrons. The molecular formula is C18H28N6O2S. The van der Waals surface area contributed by atoms with Crippen LogP contribution < -0.4 is 10.6 Å². The molecule has 0 fully saturated rings. The number of nitrogens with one attached hydrogen (secondary N) is 4. The smallest absolute Gasteiger partial charge is 0.217 e. The second-order valence-corrected chi connectivity index (χ2v) is 8.21. The van der Waals surface area contributed by atoms with Gasteiger partial charge in [0.25, 0.3) is 0 Å². The molecule has 2 aromatic rings. The van der Waals surface area contributed by atoms with Crippen molar-refractivity contribution in [2.24, 2.45) is 0 Å². The fourth-order valence-corrected chi connectivity index (χ4v) is 4.80. The number of hydrogen-bond donors (Lipinski definition) is 4. The Balaban J connectivity index is 2.16. The molecule has 2 rings (SSSR count). The molecule has 9 heteroatoms. The van der Waals surface area contributed by atoms with Crippen LogP contribution in [0.25, 0.3) is 0 Å². The zero-order valence-electron chi connectivity index (χ0n) is 16.2. The number of thioether (sulfide) groups is 1. The van der Waals surface area contributed by atoms with Crippen molar-refractivity contribution >= 4 is 23.6 Å². The summed E-state index contributed by atoms with van der Waals surface area (Å²) in [7, 11) is 0. The van der Waals surface area contributed by atoms with E-state index in [1.807, 2.05) is 26.2 Å². The molecule has 27 heavy (non-hydrogen) atoms. The molecule has 4 unspecified atom stereocenters. The van der Waals surface area contributed by atoms with E-state index in [4.69, 9.17) is 0 Å². The summed E-state index contributed by atoms with van der Waals surface area (Å²) in [6.07, 6.45) is 8.48. The molecule has 0 aliphatic rings. The molecule has 0 aliphatic carbocycles. The van der Waals surface area contributed by atoms with E-state index in [0.29, 0.717) is 0 Å². The molecule has 0 aromatic carbocycles. The number of rotatable bonds is 10. The number of carbonyl (C=O) groups is 2. The van der Waals surface area contributed by atoms with Crippen molar-refractivity contribution < 1.29 is 9.59 Å². The largest absolute Gasteiger partial charge is 0.354 e. The Hall–Kier alpha value is -2.29. The van der Waals surface area contributed by atoms with Crippen molar-refractivity contribution in [3.63, 3.8) is 0 Å². The maximum atomic E-state index is 11.4. The highest BCUT2D eigenvalue weighted by molar-refractivity contribution is 7.99.